The number of rotatable bonds is 10. The Kier molecular flexibility index (Phi) is 7.97. The Morgan fingerprint density at radius 1 is 1.00 bits per heavy atom. The molecule has 0 aliphatic carbocycles. The van der Waals surface area contributed by atoms with Crippen LogP contribution in [0.15, 0.2) is 55.1 Å². The second kappa shape index (κ2) is 9.90. The fourth-order valence-electron chi connectivity index (χ4n) is 1.87. The molecule has 20 heavy (non-hydrogen) atoms. The van der Waals surface area contributed by atoms with Crippen LogP contribution in [0.4, 0.5) is 0 Å². The van der Waals surface area contributed by atoms with Crippen LogP contribution in [0.2, 0.25) is 0 Å². The average molecular weight is 270 g/mol. The van der Waals surface area contributed by atoms with Gasteiger partial charge in [0.15, 0.2) is 11.6 Å². The van der Waals surface area contributed by atoms with Crippen LogP contribution in [0.5, 0.6) is 0 Å². The van der Waals surface area contributed by atoms with Crippen molar-refractivity contribution in [1.82, 2.24) is 0 Å². The third kappa shape index (κ3) is 7.47. The maximum atomic E-state index is 11.6. The molecule has 0 bridgehead atoms. The molecular formula is C18H22O2. The second-order valence-electron chi connectivity index (χ2n) is 4.77. The predicted molar refractivity (Wildman–Crippen MR) is 82.6 cm³/mol. The minimum atomic E-state index is 0.0907. The van der Waals surface area contributed by atoms with Crippen LogP contribution >= 0.6 is 0 Å². The number of allylic oxidation sites excluding steroid dienone is 3. The van der Waals surface area contributed by atoms with E-state index >= 15 is 0 Å². The first kappa shape index (κ1) is 16.1. The van der Waals surface area contributed by atoms with Gasteiger partial charge in [0.25, 0.3) is 0 Å². The minimum absolute atomic E-state index is 0.0907. The zero-order valence-corrected chi connectivity index (χ0v) is 11.9. The van der Waals surface area contributed by atoms with Crippen LogP contribution in [0.1, 0.15) is 37.7 Å². The molecule has 1 rings (SSSR count). The average Bonchev–Trinajstić information content (AvgIpc) is 2.49. The van der Waals surface area contributed by atoms with Crippen molar-refractivity contribution in [2.24, 2.45) is 0 Å². The van der Waals surface area contributed by atoms with Crippen LogP contribution in [0, 0.1) is 0 Å². The van der Waals surface area contributed by atoms with Gasteiger partial charge in [-0.1, -0.05) is 43.0 Å². The molecule has 1 aromatic rings. The fourth-order valence-corrected chi connectivity index (χ4v) is 1.87. The van der Waals surface area contributed by atoms with Crippen LogP contribution in [-0.4, -0.2) is 11.6 Å². The standard InChI is InChI=1S/C18H22O2/c1-2-17(19)12-8-3-4-9-13-18(20)15-14-16-10-6-5-7-11-16/h2,5-7,9-11,13H,1,3-4,8,12,14-15H2/b13-9+. The van der Waals surface area contributed by atoms with Crippen LogP contribution in [-0.2, 0) is 16.0 Å². The van der Waals surface area contributed by atoms with E-state index in [-0.39, 0.29) is 11.6 Å². The molecule has 0 N–H and O–H groups in total. The van der Waals surface area contributed by atoms with Gasteiger partial charge in [-0.25, -0.2) is 0 Å². The zero-order chi connectivity index (χ0) is 14.6. The molecule has 2 heteroatoms. The summed E-state index contributed by atoms with van der Waals surface area (Å²) in [6.07, 6.45) is 9.47. The molecule has 1 aromatic carbocycles. The molecule has 106 valence electrons. The van der Waals surface area contributed by atoms with Crippen LogP contribution < -0.4 is 0 Å². The number of hydrogen-bond acceptors (Lipinski definition) is 2. The van der Waals surface area contributed by atoms with Crippen molar-refractivity contribution in [2.75, 3.05) is 0 Å². The molecule has 0 atom stereocenters. The van der Waals surface area contributed by atoms with Crippen LogP contribution in [0.3, 0.4) is 0 Å². The molecule has 0 unspecified atom stereocenters. The van der Waals surface area contributed by atoms with Crippen molar-refractivity contribution in [3.05, 3.63) is 60.7 Å². The Labute approximate surface area is 121 Å². The van der Waals surface area contributed by atoms with Crippen molar-refractivity contribution < 1.29 is 9.59 Å². The van der Waals surface area contributed by atoms with Gasteiger partial charge in [0.2, 0.25) is 0 Å². The molecule has 0 radical (unpaired) electrons. The molecule has 0 saturated heterocycles. The normalized spacial score (nSPS) is 10.6. The summed E-state index contributed by atoms with van der Waals surface area (Å²) in [5.74, 6) is 0.254. The van der Waals surface area contributed by atoms with E-state index in [0.29, 0.717) is 12.8 Å². The van der Waals surface area contributed by atoms with Crippen molar-refractivity contribution in [3.8, 4) is 0 Å². The molecule has 0 amide bonds. The lowest BCUT2D eigenvalue weighted by Crippen LogP contribution is -1.96. The lowest BCUT2D eigenvalue weighted by molar-refractivity contribution is -0.115. The van der Waals surface area contributed by atoms with Gasteiger partial charge in [-0.3, -0.25) is 9.59 Å². The number of ketones is 2. The number of benzene rings is 1. The van der Waals surface area contributed by atoms with Gasteiger partial charge in [-0.05, 0) is 43.4 Å². The Morgan fingerprint density at radius 2 is 1.75 bits per heavy atom. The van der Waals surface area contributed by atoms with Gasteiger partial charge in [0.05, 0.1) is 0 Å². The smallest absolute Gasteiger partial charge is 0.155 e. The Balaban J connectivity index is 2.11. The van der Waals surface area contributed by atoms with E-state index in [9.17, 15) is 9.59 Å². The molecule has 0 heterocycles. The first-order chi connectivity index (χ1) is 9.72. The Morgan fingerprint density at radius 3 is 2.45 bits per heavy atom. The highest BCUT2D eigenvalue weighted by molar-refractivity contribution is 5.89. The highest BCUT2D eigenvalue weighted by Gasteiger charge is 1.98. The first-order valence-corrected chi connectivity index (χ1v) is 7.11. The summed E-state index contributed by atoms with van der Waals surface area (Å²) in [7, 11) is 0. The summed E-state index contributed by atoms with van der Waals surface area (Å²) >= 11 is 0. The fraction of sp³-hybridized carbons (Fsp3) is 0.333. The highest BCUT2D eigenvalue weighted by Crippen LogP contribution is 2.05. The topological polar surface area (TPSA) is 34.1 Å². The van der Waals surface area contributed by atoms with Gasteiger partial charge in [-0.2, -0.15) is 0 Å². The second-order valence-corrected chi connectivity index (χ2v) is 4.77. The van der Waals surface area contributed by atoms with E-state index in [4.69, 9.17) is 0 Å². The SMILES string of the molecule is C=CC(=O)CCCC/C=C/C(=O)CCc1ccccc1. The predicted octanol–water partition coefficient (Wildman–Crippen LogP) is 4.06. The monoisotopic (exact) mass is 270 g/mol. The molecule has 0 saturated carbocycles. The lowest BCUT2D eigenvalue weighted by atomic mass is 10.1. The van der Waals surface area contributed by atoms with Gasteiger partial charge in [-0.15, -0.1) is 0 Å². The Hall–Kier alpha value is -1.96. The molecule has 0 aromatic heterocycles. The molecule has 0 aliphatic heterocycles. The summed E-state index contributed by atoms with van der Waals surface area (Å²) in [4.78, 5) is 22.6. The van der Waals surface area contributed by atoms with E-state index in [0.717, 1.165) is 25.7 Å². The summed E-state index contributed by atoms with van der Waals surface area (Å²) in [6, 6.07) is 10.0. The van der Waals surface area contributed by atoms with Crippen molar-refractivity contribution in [1.29, 1.82) is 0 Å². The lowest BCUT2D eigenvalue weighted by Gasteiger charge is -1.98. The van der Waals surface area contributed by atoms with E-state index < -0.39 is 0 Å². The first-order valence-electron chi connectivity index (χ1n) is 7.11. The van der Waals surface area contributed by atoms with E-state index in [1.54, 1.807) is 6.08 Å². The van der Waals surface area contributed by atoms with E-state index in [2.05, 4.69) is 6.58 Å². The molecule has 0 spiro atoms. The number of unbranched alkanes of at least 4 members (excludes halogenated alkanes) is 2. The maximum absolute atomic E-state index is 11.6. The van der Waals surface area contributed by atoms with Crippen molar-refractivity contribution in [2.45, 2.75) is 38.5 Å². The number of hydrogen-bond donors (Lipinski definition) is 0. The zero-order valence-electron chi connectivity index (χ0n) is 11.9. The highest BCUT2D eigenvalue weighted by atomic mass is 16.1. The quantitative estimate of drug-likeness (QED) is 0.474. The van der Waals surface area contributed by atoms with E-state index in [1.807, 2.05) is 36.4 Å². The van der Waals surface area contributed by atoms with Gasteiger partial charge >= 0.3 is 0 Å². The Bertz CT molecular complexity index is 458. The maximum Gasteiger partial charge on any atom is 0.155 e. The molecule has 0 fully saturated rings. The van der Waals surface area contributed by atoms with E-state index in [1.165, 1.54) is 11.6 Å². The number of carbonyl (C=O) groups is 2. The van der Waals surface area contributed by atoms with Crippen molar-refractivity contribution in [3.63, 3.8) is 0 Å². The third-order valence-corrected chi connectivity index (χ3v) is 3.08. The third-order valence-electron chi connectivity index (χ3n) is 3.08. The van der Waals surface area contributed by atoms with Crippen LogP contribution in [0.25, 0.3) is 0 Å². The number of carbonyl (C=O) groups excluding carboxylic acids is 2. The summed E-state index contributed by atoms with van der Waals surface area (Å²) in [5.41, 5.74) is 1.19. The summed E-state index contributed by atoms with van der Waals surface area (Å²) < 4.78 is 0. The molecule has 2 nitrogen and oxygen atoms in total. The summed E-state index contributed by atoms with van der Waals surface area (Å²) in [6.45, 7) is 3.44. The van der Waals surface area contributed by atoms with Gasteiger partial charge < -0.3 is 0 Å². The van der Waals surface area contributed by atoms with Gasteiger partial charge in [0, 0.05) is 12.8 Å². The minimum Gasteiger partial charge on any atom is -0.295 e. The largest absolute Gasteiger partial charge is 0.295 e. The number of aryl methyl sites for hydroxylation is 1. The molecular weight excluding hydrogens is 248 g/mol. The van der Waals surface area contributed by atoms with Gasteiger partial charge in [0.1, 0.15) is 0 Å². The molecule has 0 aliphatic rings. The summed E-state index contributed by atoms with van der Waals surface area (Å²) in [5, 5.41) is 0. The van der Waals surface area contributed by atoms with Crippen molar-refractivity contribution >= 4 is 11.6 Å².